The Hall–Kier alpha value is -0.300. The standard InChI is InChI=1S/C30H52O/c1-8-22(20(2)3)10-9-21(4)25-14-17-30(7)27-12-11-23-19-24(31)13-16-28(23,5)26(27)15-18-29(25,30)6/h15,20-25,27,31H,8-14,16-19H2,1-7H3/t21-,22-,23+,24+,25-,27-,28+,29-,30+/m1/s1. The third-order valence-corrected chi connectivity index (χ3v) is 12.1. The van der Waals surface area contributed by atoms with E-state index in [1.807, 2.05) is 5.57 Å². The SMILES string of the molecule is CC[C@H](CC[C@@H](C)[C@H]1CC[C@@]2(C)[C@@H]3CC[C@H]4C[C@@H](O)CC[C@]4(C)C3=CC[C@]12C)C(C)C. The number of aliphatic hydroxyl groups is 1. The van der Waals surface area contributed by atoms with Crippen LogP contribution in [0.4, 0.5) is 0 Å². The van der Waals surface area contributed by atoms with Crippen molar-refractivity contribution in [3.63, 3.8) is 0 Å². The van der Waals surface area contributed by atoms with Gasteiger partial charge in [-0.3, -0.25) is 0 Å². The molecule has 0 unspecified atom stereocenters. The van der Waals surface area contributed by atoms with Crippen molar-refractivity contribution >= 4 is 0 Å². The van der Waals surface area contributed by atoms with E-state index in [2.05, 4.69) is 54.5 Å². The molecule has 0 saturated heterocycles. The number of fused-ring (bicyclic) bond motifs is 5. The number of hydrogen-bond acceptors (Lipinski definition) is 1. The van der Waals surface area contributed by atoms with Crippen molar-refractivity contribution in [2.24, 2.45) is 51.8 Å². The highest BCUT2D eigenvalue weighted by Crippen LogP contribution is 2.71. The Morgan fingerprint density at radius 1 is 0.968 bits per heavy atom. The van der Waals surface area contributed by atoms with Gasteiger partial charge in [-0.25, -0.2) is 0 Å². The summed E-state index contributed by atoms with van der Waals surface area (Å²) in [4.78, 5) is 0. The molecule has 4 aliphatic rings. The predicted molar refractivity (Wildman–Crippen MR) is 133 cm³/mol. The Bertz CT molecular complexity index is 678. The van der Waals surface area contributed by atoms with Gasteiger partial charge in [0.2, 0.25) is 0 Å². The first-order valence-electron chi connectivity index (χ1n) is 14.0. The normalized spacial score (nSPS) is 46.7. The summed E-state index contributed by atoms with van der Waals surface area (Å²) < 4.78 is 0. The van der Waals surface area contributed by atoms with Gasteiger partial charge >= 0.3 is 0 Å². The summed E-state index contributed by atoms with van der Waals surface area (Å²) in [7, 11) is 0. The van der Waals surface area contributed by atoms with Crippen LogP contribution in [-0.4, -0.2) is 11.2 Å². The van der Waals surface area contributed by atoms with E-state index in [0.717, 1.165) is 42.4 Å². The number of hydrogen-bond donors (Lipinski definition) is 1. The molecule has 1 heteroatoms. The Labute approximate surface area is 193 Å². The van der Waals surface area contributed by atoms with Gasteiger partial charge < -0.3 is 5.11 Å². The van der Waals surface area contributed by atoms with Gasteiger partial charge in [0.05, 0.1) is 6.10 Å². The molecular weight excluding hydrogens is 376 g/mol. The van der Waals surface area contributed by atoms with Gasteiger partial charge in [0.1, 0.15) is 0 Å². The van der Waals surface area contributed by atoms with Gasteiger partial charge in [-0.15, -0.1) is 0 Å². The topological polar surface area (TPSA) is 20.2 Å². The fourth-order valence-corrected chi connectivity index (χ4v) is 9.51. The maximum atomic E-state index is 10.3. The van der Waals surface area contributed by atoms with Crippen molar-refractivity contribution in [2.75, 3.05) is 0 Å². The zero-order chi connectivity index (χ0) is 22.6. The molecule has 0 aliphatic heterocycles. The summed E-state index contributed by atoms with van der Waals surface area (Å²) in [6.45, 7) is 17.8. The third-order valence-electron chi connectivity index (χ3n) is 12.1. The van der Waals surface area contributed by atoms with Crippen LogP contribution < -0.4 is 0 Å². The van der Waals surface area contributed by atoms with Gasteiger partial charge in [-0.1, -0.05) is 73.0 Å². The first-order valence-corrected chi connectivity index (χ1v) is 14.0. The average Bonchev–Trinajstić information content (AvgIpc) is 3.00. The van der Waals surface area contributed by atoms with E-state index < -0.39 is 0 Å². The van der Waals surface area contributed by atoms with E-state index in [1.54, 1.807) is 0 Å². The molecule has 0 radical (unpaired) electrons. The molecule has 178 valence electrons. The summed E-state index contributed by atoms with van der Waals surface area (Å²) in [5.74, 6) is 4.97. The summed E-state index contributed by atoms with van der Waals surface area (Å²) in [5, 5.41) is 10.3. The lowest BCUT2D eigenvalue weighted by Crippen LogP contribution is -2.53. The highest BCUT2D eigenvalue weighted by Gasteiger charge is 2.63. The van der Waals surface area contributed by atoms with Crippen LogP contribution >= 0.6 is 0 Å². The van der Waals surface area contributed by atoms with E-state index in [1.165, 1.54) is 57.8 Å². The van der Waals surface area contributed by atoms with Gasteiger partial charge in [0.25, 0.3) is 0 Å². The second-order valence-corrected chi connectivity index (χ2v) is 13.5. The van der Waals surface area contributed by atoms with E-state index in [-0.39, 0.29) is 6.10 Å². The Morgan fingerprint density at radius 3 is 2.39 bits per heavy atom. The fraction of sp³-hybridized carbons (Fsp3) is 0.933. The first-order chi connectivity index (χ1) is 14.6. The number of allylic oxidation sites excluding steroid dienone is 2. The molecule has 0 aromatic rings. The lowest BCUT2D eigenvalue weighted by atomic mass is 9.44. The van der Waals surface area contributed by atoms with Crippen LogP contribution in [0.2, 0.25) is 0 Å². The van der Waals surface area contributed by atoms with Crippen LogP contribution in [-0.2, 0) is 0 Å². The average molecular weight is 429 g/mol. The molecule has 0 aromatic carbocycles. The minimum Gasteiger partial charge on any atom is -0.393 e. The summed E-state index contributed by atoms with van der Waals surface area (Å²) >= 11 is 0. The lowest BCUT2D eigenvalue weighted by molar-refractivity contribution is -0.0562. The molecule has 0 spiro atoms. The molecule has 1 nitrogen and oxygen atoms in total. The van der Waals surface area contributed by atoms with Crippen LogP contribution in [0.25, 0.3) is 0 Å². The van der Waals surface area contributed by atoms with Crippen molar-refractivity contribution in [2.45, 2.75) is 125 Å². The van der Waals surface area contributed by atoms with Gasteiger partial charge in [-0.05, 0) is 110 Å². The largest absolute Gasteiger partial charge is 0.393 e. The van der Waals surface area contributed by atoms with Crippen molar-refractivity contribution in [3.05, 3.63) is 11.6 Å². The second kappa shape index (κ2) is 8.48. The summed E-state index contributed by atoms with van der Waals surface area (Å²) in [6, 6.07) is 0. The first kappa shape index (κ1) is 23.8. The Balaban J connectivity index is 1.55. The molecule has 9 atom stereocenters. The van der Waals surface area contributed by atoms with Crippen LogP contribution in [0.1, 0.15) is 119 Å². The molecule has 4 aliphatic carbocycles. The second-order valence-electron chi connectivity index (χ2n) is 13.5. The van der Waals surface area contributed by atoms with Crippen LogP contribution in [0.15, 0.2) is 11.6 Å². The van der Waals surface area contributed by atoms with Gasteiger partial charge in [0, 0.05) is 0 Å². The van der Waals surface area contributed by atoms with E-state index >= 15 is 0 Å². The quantitative estimate of drug-likeness (QED) is 0.421. The summed E-state index contributed by atoms with van der Waals surface area (Å²) in [6.07, 6.45) is 17.1. The predicted octanol–water partition coefficient (Wildman–Crippen LogP) is 8.41. The Morgan fingerprint density at radius 2 is 1.71 bits per heavy atom. The zero-order valence-corrected chi connectivity index (χ0v) is 21.8. The monoisotopic (exact) mass is 428 g/mol. The minimum atomic E-state index is -0.0471. The molecule has 0 amide bonds. The van der Waals surface area contributed by atoms with Crippen molar-refractivity contribution in [3.8, 4) is 0 Å². The molecule has 1 N–H and O–H groups in total. The van der Waals surface area contributed by atoms with E-state index in [0.29, 0.717) is 22.2 Å². The molecular formula is C30H52O. The van der Waals surface area contributed by atoms with E-state index in [9.17, 15) is 5.11 Å². The smallest absolute Gasteiger partial charge is 0.0543 e. The third kappa shape index (κ3) is 3.68. The molecule has 4 rings (SSSR count). The maximum Gasteiger partial charge on any atom is 0.0543 e. The maximum absolute atomic E-state index is 10.3. The molecule has 0 bridgehead atoms. The fourth-order valence-electron chi connectivity index (χ4n) is 9.51. The van der Waals surface area contributed by atoms with E-state index in [4.69, 9.17) is 0 Å². The number of aliphatic hydroxyl groups excluding tert-OH is 1. The molecule has 31 heavy (non-hydrogen) atoms. The Kier molecular flexibility index (Phi) is 6.53. The van der Waals surface area contributed by atoms with Crippen molar-refractivity contribution in [1.82, 2.24) is 0 Å². The van der Waals surface area contributed by atoms with Crippen molar-refractivity contribution < 1.29 is 5.11 Å². The summed E-state index contributed by atoms with van der Waals surface area (Å²) in [5.41, 5.74) is 3.14. The van der Waals surface area contributed by atoms with Crippen LogP contribution in [0.3, 0.4) is 0 Å². The van der Waals surface area contributed by atoms with Crippen LogP contribution in [0, 0.1) is 51.8 Å². The van der Waals surface area contributed by atoms with Gasteiger partial charge in [0.15, 0.2) is 0 Å². The minimum absolute atomic E-state index is 0.0471. The van der Waals surface area contributed by atoms with Crippen molar-refractivity contribution in [1.29, 1.82) is 0 Å². The molecule has 0 aromatic heterocycles. The highest BCUT2D eigenvalue weighted by molar-refractivity contribution is 5.31. The number of rotatable bonds is 6. The highest BCUT2D eigenvalue weighted by atomic mass is 16.3. The molecule has 3 fully saturated rings. The zero-order valence-electron chi connectivity index (χ0n) is 21.8. The van der Waals surface area contributed by atoms with Crippen LogP contribution in [0.5, 0.6) is 0 Å². The molecule has 3 saturated carbocycles. The molecule has 0 heterocycles. The van der Waals surface area contributed by atoms with Gasteiger partial charge in [-0.2, -0.15) is 0 Å². The lowest BCUT2D eigenvalue weighted by Gasteiger charge is -2.61.